The minimum absolute atomic E-state index is 0.307. The number of anilines is 1. The van der Waals surface area contributed by atoms with Crippen LogP contribution in [0.4, 0.5) is 5.69 Å². The zero-order valence-electron chi connectivity index (χ0n) is 9.71. The average molecular weight is 299 g/mol. The number of benzene rings is 2. The first kappa shape index (κ1) is 11.3. The molecule has 18 heavy (non-hydrogen) atoms. The second-order valence-electron chi connectivity index (χ2n) is 4.03. The Morgan fingerprint density at radius 2 is 1.56 bits per heavy atom. The topological polar surface area (TPSA) is 38.9 Å². The molecule has 0 aliphatic carbocycles. The molecule has 0 saturated heterocycles. The summed E-state index contributed by atoms with van der Waals surface area (Å²) in [5.41, 5.74) is 9.93. The van der Waals surface area contributed by atoms with E-state index < -0.39 is 0 Å². The van der Waals surface area contributed by atoms with E-state index in [1.54, 1.807) is 0 Å². The van der Waals surface area contributed by atoms with Gasteiger partial charge in [0.15, 0.2) is 0 Å². The zero-order valence-corrected chi connectivity index (χ0v) is 11.4. The summed E-state index contributed by atoms with van der Waals surface area (Å²) in [6, 6.07) is 18.2. The van der Waals surface area contributed by atoms with Gasteiger partial charge in [0, 0.05) is 0 Å². The summed E-state index contributed by atoms with van der Waals surface area (Å²) in [4.78, 5) is 6.95. The van der Waals surface area contributed by atoms with Crippen LogP contribution >= 0.6 is 0 Å². The van der Waals surface area contributed by atoms with Crippen LogP contribution in [0.15, 0.2) is 59.5 Å². The number of hydrogen-bond donors (Lipinski definition) is 1. The standard InChI is InChI=1S/C15H12N2Se/c16-13-8-6-12(7-9-13)15-17-14(10-18-15)11-4-2-1-3-5-11/h1-10H,16H2. The van der Waals surface area contributed by atoms with Gasteiger partial charge in [-0.25, -0.2) is 0 Å². The molecular weight excluding hydrogens is 287 g/mol. The van der Waals surface area contributed by atoms with E-state index in [0.717, 1.165) is 11.4 Å². The first-order valence-electron chi connectivity index (χ1n) is 5.70. The molecule has 2 N–H and O–H groups in total. The van der Waals surface area contributed by atoms with Crippen molar-refractivity contribution < 1.29 is 0 Å². The van der Waals surface area contributed by atoms with Crippen LogP contribution in [0, 0.1) is 0 Å². The molecule has 1 heterocycles. The van der Waals surface area contributed by atoms with Gasteiger partial charge < -0.3 is 0 Å². The second-order valence-corrected chi connectivity index (χ2v) is 5.83. The van der Waals surface area contributed by atoms with E-state index in [1.807, 2.05) is 42.5 Å². The third-order valence-electron chi connectivity index (χ3n) is 2.73. The van der Waals surface area contributed by atoms with Gasteiger partial charge in [0.1, 0.15) is 0 Å². The number of aromatic nitrogens is 1. The summed E-state index contributed by atoms with van der Waals surface area (Å²) >= 11 is 0.307. The van der Waals surface area contributed by atoms with Crippen LogP contribution in [0.3, 0.4) is 0 Å². The van der Waals surface area contributed by atoms with Gasteiger partial charge in [-0.3, -0.25) is 0 Å². The number of nitrogens with zero attached hydrogens (tertiary/aromatic N) is 1. The summed E-state index contributed by atoms with van der Waals surface area (Å²) in [5.74, 6) is 0. The summed E-state index contributed by atoms with van der Waals surface area (Å²) in [6.45, 7) is 0. The van der Waals surface area contributed by atoms with Crippen molar-refractivity contribution in [3.05, 3.63) is 59.5 Å². The number of nitrogens with two attached hydrogens (primary N) is 1. The van der Waals surface area contributed by atoms with Crippen LogP contribution < -0.4 is 5.73 Å². The van der Waals surface area contributed by atoms with Gasteiger partial charge in [-0.2, -0.15) is 0 Å². The Labute approximate surface area is 112 Å². The first-order chi connectivity index (χ1) is 8.83. The van der Waals surface area contributed by atoms with E-state index in [2.05, 4.69) is 17.1 Å². The fourth-order valence-electron chi connectivity index (χ4n) is 1.77. The third-order valence-corrected chi connectivity index (χ3v) is 4.60. The van der Waals surface area contributed by atoms with E-state index in [4.69, 9.17) is 10.7 Å². The van der Waals surface area contributed by atoms with Gasteiger partial charge in [0.05, 0.1) is 0 Å². The van der Waals surface area contributed by atoms with Gasteiger partial charge in [0.2, 0.25) is 0 Å². The Balaban J connectivity index is 1.97. The van der Waals surface area contributed by atoms with E-state index in [1.165, 1.54) is 15.7 Å². The molecule has 3 rings (SSSR count). The quantitative estimate of drug-likeness (QED) is 0.583. The molecule has 0 aliphatic rings. The van der Waals surface area contributed by atoms with Gasteiger partial charge >= 0.3 is 112 Å². The molecular formula is C15H12N2Se. The van der Waals surface area contributed by atoms with Crippen LogP contribution in [0.5, 0.6) is 0 Å². The van der Waals surface area contributed by atoms with Crippen molar-refractivity contribution in [1.29, 1.82) is 0 Å². The number of rotatable bonds is 2. The Morgan fingerprint density at radius 1 is 0.833 bits per heavy atom. The average Bonchev–Trinajstić information content (AvgIpc) is 2.90. The molecule has 0 atom stereocenters. The molecule has 3 aromatic rings. The summed E-state index contributed by atoms with van der Waals surface area (Å²) in [6.07, 6.45) is 0. The SMILES string of the molecule is Nc1ccc(-c2nc(-c3ccccc3)c[se]2)cc1. The molecule has 0 aliphatic heterocycles. The maximum absolute atomic E-state index is 5.70. The maximum atomic E-state index is 5.70. The Morgan fingerprint density at radius 3 is 2.28 bits per heavy atom. The summed E-state index contributed by atoms with van der Waals surface area (Å²) < 4.78 is 1.17. The van der Waals surface area contributed by atoms with Crippen molar-refractivity contribution in [3.8, 4) is 21.4 Å². The normalized spacial score (nSPS) is 10.4. The molecule has 2 aromatic carbocycles. The van der Waals surface area contributed by atoms with Crippen molar-refractivity contribution in [2.24, 2.45) is 0 Å². The minimum atomic E-state index is 0.307. The molecule has 0 spiro atoms. The molecule has 0 unspecified atom stereocenters. The van der Waals surface area contributed by atoms with Crippen molar-refractivity contribution in [2.75, 3.05) is 5.73 Å². The molecule has 88 valence electrons. The van der Waals surface area contributed by atoms with Gasteiger partial charge in [-0.1, -0.05) is 0 Å². The van der Waals surface area contributed by atoms with E-state index in [0.29, 0.717) is 14.5 Å². The summed E-state index contributed by atoms with van der Waals surface area (Å²) in [5, 5.41) is 0. The van der Waals surface area contributed by atoms with E-state index in [-0.39, 0.29) is 0 Å². The Kier molecular flexibility index (Phi) is 3.01. The van der Waals surface area contributed by atoms with Gasteiger partial charge in [-0.05, 0) is 0 Å². The molecule has 1 aromatic heterocycles. The zero-order chi connectivity index (χ0) is 12.4. The van der Waals surface area contributed by atoms with Gasteiger partial charge in [-0.15, -0.1) is 0 Å². The number of nitrogen functional groups attached to an aromatic ring is 1. The van der Waals surface area contributed by atoms with Crippen LogP contribution in [0.1, 0.15) is 0 Å². The molecule has 0 saturated carbocycles. The fraction of sp³-hybridized carbons (Fsp3) is 0. The molecule has 0 radical (unpaired) electrons. The summed E-state index contributed by atoms with van der Waals surface area (Å²) in [7, 11) is 0. The first-order valence-corrected chi connectivity index (χ1v) is 7.54. The molecule has 2 nitrogen and oxygen atoms in total. The predicted molar refractivity (Wildman–Crippen MR) is 76.5 cm³/mol. The number of hydrogen-bond acceptors (Lipinski definition) is 2. The van der Waals surface area contributed by atoms with Gasteiger partial charge in [0.25, 0.3) is 0 Å². The third kappa shape index (κ3) is 2.23. The second kappa shape index (κ2) is 4.81. The monoisotopic (exact) mass is 300 g/mol. The molecule has 0 bridgehead atoms. The molecule has 3 heteroatoms. The Hall–Kier alpha value is -1.83. The van der Waals surface area contributed by atoms with Crippen LogP contribution in [-0.2, 0) is 0 Å². The van der Waals surface area contributed by atoms with Crippen molar-refractivity contribution >= 4 is 20.2 Å². The van der Waals surface area contributed by atoms with E-state index >= 15 is 0 Å². The predicted octanol–water partition coefficient (Wildman–Crippen LogP) is 3.05. The van der Waals surface area contributed by atoms with Crippen molar-refractivity contribution in [3.63, 3.8) is 0 Å². The molecule has 0 fully saturated rings. The molecule has 0 amide bonds. The van der Waals surface area contributed by atoms with Crippen LogP contribution in [-0.4, -0.2) is 19.5 Å². The van der Waals surface area contributed by atoms with Crippen molar-refractivity contribution in [2.45, 2.75) is 0 Å². The van der Waals surface area contributed by atoms with Crippen molar-refractivity contribution in [1.82, 2.24) is 4.98 Å². The van der Waals surface area contributed by atoms with Crippen LogP contribution in [0.2, 0.25) is 0 Å². The van der Waals surface area contributed by atoms with Crippen LogP contribution in [0.25, 0.3) is 21.4 Å². The Bertz CT molecular complexity index is 642. The van der Waals surface area contributed by atoms with E-state index in [9.17, 15) is 0 Å². The fourth-order valence-corrected chi connectivity index (χ4v) is 3.53.